The highest BCUT2D eigenvalue weighted by molar-refractivity contribution is 6.04. The number of H-pyrrole nitrogens is 1. The molecule has 0 aliphatic rings. The molecule has 1 heterocycles. The number of fused-ring (bicyclic) bond motifs is 3. The van der Waals surface area contributed by atoms with Gasteiger partial charge in [0.1, 0.15) is 0 Å². The molecule has 0 aliphatic heterocycles. The number of benzene rings is 2. The Balaban J connectivity index is 2.52. The molecule has 3 rings (SSSR count). The molecule has 0 saturated heterocycles. The molecule has 0 amide bonds. The van der Waals surface area contributed by atoms with Gasteiger partial charge in [-0.15, -0.1) is 0 Å². The Labute approximate surface area is 101 Å². The van der Waals surface area contributed by atoms with E-state index in [0.717, 1.165) is 16.8 Å². The smallest absolute Gasteiger partial charge is 0.278 e. The van der Waals surface area contributed by atoms with Crippen molar-refractivity contribution in [3.63, 3.8) is 0 Å². The number of hydrogen-bond donors (Lipinski definition) is 1. The fourth-order valence-electron chi connectivity index (χ4n) is 2.13. The first-order chi connectivity index (χ1) is 8.66. The van der Waals surface area contributed by atoms with Crippen LogP contribution < -0.4 is 5.43 Å². The largest absolute Gasteiger partial charge is 0.353 e. The van der Waals surface area contributed by atoms with Crippen molar-refractivity contribution >= 4 is 21.7 Å². The van der Waals surface area contributed by atoms with Crippen molar-refractivity contribution in [3.8, 4) is 0 Å². The number of rotatable bonds is 1. The molecule has 0 spiro atoms. The number of pyridine rings is 1. The van der Waals surface area contributed by atoms with Gasteiger partial charge in [0.2, 0.25) is 0 Å². The van der Waals surface area contributed by atoms with Gasteiger partial charge in [-0.3, -0.25) is 4.79 Å². The molecule has 0 saturated carbocycles. The van der Waals surface area contributed by atoms with Gasteiger partial charge in [-0.05, 0) is 11.5 Å². The summed E-state index contributed by atoms with van der Waals surface area (Å²) in [5.74, 6) is 0. The van der Waals surface area contributed by atoms with Crippen LogP contribution in [0.3, 0.4) is 0 Å². The maximum atomic E-state index is 12.7. The standard InChI is InChI=1S/C14H9F2NO/c15-14(16)11-7-12(18)10-6-5-8-3-1-2-4-9(8)13(10)17-11/h1-7,14H,(H,17,18). The molecule has 4 heteroatoms. The molecule has 0 bridgehead atoms. The molecule has 0 aliphatic carbocycles. The lowest BCUT2D eigenvalue weighted by molar-refractivity contribution is 0.146. The summed E-state index contributed by atoms with van der Waals surface area (Å²) in [6.45, 7) is 0. The lowest BCUT2D eigenvalue weighted by Crippen LogP contribution is -2.05. The first kappa shape index (κ1) is 10.9. The average Bonchev–Trinajstić information content (AvgIpc) is 2.38. The van der Waals surface area contributed by atoms with Crippen molar-refractivity contribution in [2.45, 2.75) is 6.43 Å². The molecule has 3 aromatic rings. The fourth-order valence-corrected chi connectivity index (χ4v) is 2.13. The second-order valence-corrected chi connectivity index (χ2v) is 4.10. The molecule has 0 fully saturated rings. The summed E-state index contributed by atoms with van der Waals surface area (Å²) in [6, 6.07) is 11.8. The van der Waals surface area contributed by atoms with E-state index in [9.17, 15) is 13.6 Å². The van der Waals surface area contributed by atoms with Gasteiger partial charge in [-0.1, -0.05) is 30.3 Å². The van der Waals surface area contributed by atoms with Crippen LogP contribution in [0, 0.1) is 0 Å². The molecule has 1 aromatic heterocycles. The fraction of sp³-hybridized carbons (Fsp3) is 0.0714. The van der Waals surface area contributed by atoms with E-state index < -0.39 is 6.43 Å². The number of aromatic nitrogens is 1. The van der Waals surface area contributed by atoms with Crippen LogP contribution >= 0.6 is 0 Å². The van der Waals surface area contributed by atoms with Gasteiger partial charge in [0.25, 0.3) is 6.43 Å². The number of aromatic amines is 1. The Kier molecular flexibility index (Phi) is 2.37. The van der Waals surface area contributed by atoms with Crippen LogP contribution in [-0.2, 0) is 0 Å². The lowest BCUT2D eigenvalue weighted by atomic mass is 10.1. The molecule has 0 atom stereocenters. The number of alkyl halides is 2. The Morgan fingerprint density at radius 1 is 1.00 bits per heavy atom. The summed E-state index contributed by atoms with van der Waals surface area (Å²) in [6.07, 6.45) is -2.68. The normalized spacial score (nSPS) is 11.5. The average molecular weight is 245 g/mol. The van der Waals surface area contributed by atoms with Gasteiger partial charge < -0.3 is 4.98 Å². The van der Waals surface area contributed by atoms with Crippen LogP contribution in [-0.4, -0.2) is 4.98 Å². The highest BCUT2D eigenvalue weighted by Crippen LogP contribution is 2.24. The van der Waals surface area contributed by atoms with Crippen molar-refractivity contribution in [2.24, 2.45) is 0 Å². The van der Waals surface area contributed by atoms with Crippen LogP contribution in [0.25, 0.3) is 21.7 Å². The molecule has 0 unspecified atom stereocenters. The SMILES string of the molecule is O=c1cc(C(F)F)[nH]c2c1ccc1ccccc12. The van der Waals surface area contributed by atoms with Crippen molar-refractivity contribution in [2.75, 3.05) is 0 Å². The van der Waals surface area contributed by atoms with Crippen molar-refractivity contribution in [1.82, 2.24) is 4.98 Å². The van der Waals surface area contributed by atoms with E-state index in [2.05, 4.69) is 4.98 Å². The van der Waals surface area contributed by atoms with E-state index in [1.165, 1.54) is 0 Å². The third-order valence-electron chi connectivity index (χ3n) is 2.99. The lowest BCUT2D eigenvalue weighted by Gasteiger charge is -2.06. The van der Waals surface area contributed by atoms with E-state index in [1.807, 2.05) is 30.3 Å². The van der Waals surface area contributed by atoms with E-state index in [-0.39, 0.29) is 11.1 Å². The second kappa shape index (κ2) is 3.91. The van der Waals surface area contributed by atoms with Crippen LogP contribution in [0.5, 0.6) is 0 Å². The molecule has 90 valence electrons. The van der Waals surface area contributed by atoms with E-state index >= 15 is 0 Å². The van der Waals surface area contributed by atoms with E-state index in [0.29, 0.717) is 10.9 Å². The van der Waals surface area contributed by atoms with Crippen LogP contribution in [0.15, 0.2) is 47.3 Å². The number of halogens is 2. The summed E-state index contributed by atoms with van der Waals surface area (Å²) < 4.78 is 25.4. The molecule has 1 N–H and O–H groups in total. The minimum Gasteiger partial charge on any atom is -0.353 e. The second-order valence-electron chi connectivity index (χ2n) is 4.10. The summed E-state index contributed by atoms with van der Waals surface area (Å²) in [4.78, 5) is 14.5. The Morgan fingerprint density at radius 3 is 2.56 bits per heavy atom. The number of hydrogen-bond acceptors (Lipinski definition) is 1. The van der Waals surface area contributed by atoms with Crippen LogP contribution in [0.1, 0.15) is 12.1 Å². The van der Waals surface area contributed by atoms with Gasteiger partial charge in [-0.25, -0.2) is 8.78 Å². The van der Waals surface area contributed by atoms with Gasteiger partial charge in [0, 0.05) is 16.8 Å². The summed E-state index contributed by atoms with van der Waals surface area (Å²) >= 11 is 0. The first-order valence-electron chi connectivity index (χ1n) is 5.49. The zero-order valence-corrected chi connectivity index (χ0v) is 9.28. The predicted octanol–water partition coefficient (Wildman–Crippen LogP) is 3.62. The zero-order valence-electron chi connectivity index (χ0n) is 9.28. The zero-order chi connectivity index (χ0) is 12.7. The Morgan fingerprint density at radius 2 is 1.78 bits per heavy atom. The minimum absolute atomic E-state index is 0.344. The maximum Gasteiger partial charge on any atom is 0.278 e. The van der Waals surface area contributed by atoms with Crippen molar-refractivity contribution < 1.29 is 8.78 Å². The van der Waals surface area contributed by atoms with Crippen molar-refractivity contribution in [1.29, 1.82) is 0 Å². The van der Waals surface area contributed by atoms with E-state index in [4.69, 9.17) is 0 Å². The highest BCUT2D eigenvalue weighted by Gasteiger charge is 2.11. The van der Waals surface area contributed by atoms with Gasteiger partial charge in [-0.2, -0.15) is 0 Å². The molecule has 0 radical (unpaired) electrons. The summed E-state index contributed by atoms with van der Waals surface area (Å²) in [7, 11) is 0. The van der Waals surface area contributed by atoms with Gasteiger partial charge in [0.15, 0.2) is 5.43 Å². The van der Waals surface area contributed by atoms with E-state index in [1.54, 1.807) is 6.07 Å². The van der Waals surface area contributed by atoms with Crippen LogP contribution in [0.4, 0.5) is 8.78 Å². The molecule has 2 nitrogen and oxygen atoms in total. The Hall–Kier alpha value is -2.23. The summed E-state index contributed by atoms with van der Waals surface area (Å²) in [5.41, 5.74) is -0.260. The number of nitrogens with one attached hydrogen (secondary N) is 1. The first-order valence-corrected chi connectivity index (χ1v) is 5.49. The molecule has 2 aromatic carbocycles. The predicted molar refractivity (Wildman–Crippen MR) is 67.0 cm³/mol. The summed E-state index contributed by atoms with van der Waals surface area (Å²) in [5, 5.41) is 2.11. The molecular weight excluding hydrogens is 236 g/mol. The molecular formula is C14H9F2NO. The monoisotopic (exact) mass is 245 g/mol. The quantitative estimate of drug-likeness (QED) is 0.652. The highest BCUT2D eigenvalue weighted by atomic mass is 19.3. The maximum absolute atomic E-state index is 12.7. The molecule has 18 heavy (non-hydrogen) atoms. The third-order valence-corrected chi connectivity index (χ3v) is 2.99. The topological polar surface area (TPSA) is 32.9 Å². The Bertz CT molecular complexity index is 793. The minimum atomic E-state index is -2.68. The van der Waals surface area contributed by atoms with Crippen LogP contribution in [0.2, 0.25) is 0 Å². The third kappa shape index (κ3) is 1.57. The van der Waals surface area contributed by atoms with Gasteiger partial charge in [0.05, 0.1) is 11.2 Å². The van der Waals surface area contributed by atoms with Gasteiger partial charge >= 0.3 is 0 Å². The van der Waals surface area contributed by atoms with Crippen molar-refractivity contribution in [3.05, 3.63) is 58.4 Å².